The average Bonchev–Trinajstić information content (AvgIpc) is 3.37. The molecule has 4 unspecified atom stereocenters. The summed E-state index contributed by atoms with van der Waals surface area (Å²) in [6, 6.07) is 58.1. The number of benzene rings is 6. The molecule has 12 nitrogen and oxygen atoms in total. The van der Waals surface area contributed by atoms with Gasteiger partial charge in [0, 0.05) is 6.92 Å². The predicted octanol–water partition coefficient (Wildman–Crippen LogP) is 8.09. The van der Waals surface area contributed by atoms with Crippen LogP contribution in [0.4, 0.5) is 0 Å². The molecule has 2 saturated heterocycles. The second-order valence-corrected chi connectivity index (χ2v) is 17.0. The van der Waals surface area contributed by atoms with Gasteiger partial charge in [-0.25, -0.2) is 0 Å². The minimum atomic E-state index is -1.47. The van der Waals surface area contributed by atoms with Gasteiger partial charge in [0.05, 0.1) is 52.9 Å². The molecule has 0 aliphatic carbocycles. The summed E-state index contributed by atoms with van der Waals surface area (Å²) in [4.78, 5) is 12.8. The minimum Gasteiger partial charge on any atom is -0.374 e. The Labute approximate surface area is 399 Å². The maximum absolute atomic E-state index is 12.8. The predicted molar refractivity (Wildman–Crippen MR) is 254 cm³/mol. The summed E-state index contributed by atoms with van der Waals surface area (Å²) in [5.41, 5.74) is 5.68. The standard InChI is InChI=1S/C56H61NO11/c1-40(58)57-49-52(63-35-44-26-14-5-15-27-44)51(48(66-55(49)59)39-61-33-42-22-10-3-11-23-42)68-56-54(65-37-46-30-18-7-19-31-46)53(64-36-45-28-16-6-17-29-45)50(62-34-43-24-12-4-13-25-43)47(67-56)38-60-32-41-20-8-2-9-21-41/h2-31,47-56,59H,32-39H2,1H3,(H,57,58)/t47?,48?,49?,50-,51-,52+,53-,54?,55+,56-/m0/s1. The van der Waals surface area contributed by atoms with Gasteiger partial charge < -0.3 is 53.1 Å². The summed E-state index contributed by atoms with van der Waals surface area (Å²) in [6.07, 6.45) is -8.71. The summed E-state index contributed by atoms with van der Waals surface area (Å²) < 4.78 is 61.1. The van der Waals surface area contributed by atoms with E-state index in [0.717, 1.165) is 33.4 Å². The molecule has 1 amide bonds. The molecule has 0 spiro atoms. The fourth-order valence-corrected chi connectivity index (χ4v) is 8.45. The third-order valence-corrected chi connectivity index (χ3v) is 11.8. The minimum absolute atomic E-state index is 0.00275. The number of hydrogen-bond acceptors (Lipinski definition) is 11. The monoisotopic (exact) mass is 923 g/mol. The van der Waals surface area contributed by atoms with E-state index in [2.05, 4.69) is 5.32 Å². The Morgan fingerprint density at radius 1 is 0.441 bits per heavy atom. The van der Waals surface area contributed by atoms with Crippen LogP contribution in [0.1, 0.15) is 40.3 Å². The first-order valence-corrected chi connectivity index (χ1v) is 23.2. The van der Waals surface area contributed by atoms with E-state index >= 15 is 0 Å². The molecule has 6 aromatic rings. The molecule has 0 bridgehead atoms. The smallest absolute Gasteiger partial charge is 0.217 e. The van der Waals surface area contributed by atoms with Crippen LogP contribution in [0, 0.1) is 0 Å². The van der Waals surface area contributed by atoms with Gasteiger partial charge in [0.1, 0.15) is 48.8 Å². The first kappa shape index (κ1) is 48.8. The van der Waals surface area contributed by atoms with Crippen LogP contribution in [0.5, 0.6) is 0 Å². The van der Waals surface area contributed by atoms with E-state index in [1.165, 1.54) is 6.92 Å². The molecule has 2 aliphatic rings. The number of aliphatic hydroxyl groups is 1. The van der Waals surface area contributed by atoms with E-state index < -0.39 is 61.3 Å². The summed E-state index contributed by atoms with van der Waals surface area (Å²) >= 11 is 0. The number of carbonyl (C=O) groups excluding carboxylic acids is 1. The van der Waals surface area contributed by atoms with Crippen LogP contribution in [-0.2, 0) is 87.1 Å². The highest BCUT2D eigenvalue weighted by atomic mass is 16.7. The van der Waals surface area contributed by atoms with Gasteiger partial charge >= 0.3 is 0 Å². The lowest BCUT2D eigenvalue weighted by Crippen LogP contribution is -2.68. The Morgan fingerprint density at radius 3 is 1.18 bits per heavy atom. The molecule has 356 valence electrons. The van der Waals surface area contributed by atoms with Gasteiger partial charge in [-0.2, -0.15) is 0 Å². The van der Waals surface area contributed by atoms with Crippen LogP contribution >= 0.6 is 0 Å². The number of aliphatic hydroxyl groups excluding tert-OH is 1. The molecular formula is C56H61NO11. The zero-order valence-corrected chi connectivity index (χ0v) is 38.3. The number of carbonyl (C=O) groups is 1. The molecule has 68 heavy (non-hydrogen) atoms. The quantitative estimate of drug-likeness (QED) is 0.0647. The van der Waals surface area contributed by atoms with Crippen LogP contribution in [-0.4, -0.2) is 85.6 Å². The van der Waals surface area contributed by atoms with Gasteiger partial charge in [-0.05, 0) is 33.4 Å². The van der Waals surface area contributed by atoms with Crippen LogP contribution in [0.25, 0.3) is 0 Å². The Morgan fingerprint density at radius 2 is 0.779 bits per heavy atom. The number of amides is 1. The van der Waals surface area contributed by atoms with E-state index in [9.17, 15) is 9.90 Å². The normalized spacial score (nSPS) is 24.9. The van der Waals surface area contributed by atoms with Crippen LogP contribution in [0.2, 0.25) is 0 Å². The van der Waals surface area contributed by atoms with Crippen LogP contribution in [0.15, 0.2) is 182 Å². The number of rotatable bonds is 23. The van der Waals surface area contributed by atoms with Gasteiger partial charge in [-0.3, -0.25) is 4.79 Å². The molecular weight excluding hydrogens is 863 g/mol. The fourth-order valence-electron chi connectivity index (χ4n) is 8.45. The summed E-state index contributed by atoms with van der Waals surface area (Å²) in [7, 11) is 0. The van der Waals surface area contributed by atoms with Gasteiger partial charge in [0.2, 0.25) is 5.91 Å². The van der Waals surface area contributed by atoms with Crippen molar-refractivity contribution in [2.75, 3.05) is 13.2 Å². The lowest BCUT2D eigenvalue weighted by atomic mass is 9.94. The molecule has 8 rings (SSSR count). The van der Waals surface area contributed by atoms with Crippen molar-refractivity contribution in [2.24, 2.45) is 0 Å². The van der Waals surface area contributed by atoms with E-state index in [1.807, 2.05) is 182 Å². The van der Waals surface area contributed by atoms with E-state index in [4.69, 9.17) is 42.6 Å². The maximum Gasteiger partial charge on any atom is 0.217 e. The van der Waals surface area contributed by atoms with Crippen molar-refractivity contribution in [3.63, 3.8) is 0 Å². The molecule has 12 heteroatoms. The van der Waals surface area contributed by atoms with Crippen molar-refractivity contribution in [3.05, 3.63) is 215 Å². The second-order valence-electron chi connectivity index (χ2n) is 17.0. The molecule has 2 aliphatic heterocycles. The first-order valence-electron chi connectivity index (χ1n) is 23.2. The SMILES string of the molecule is CC(=O)NC1[C@H](O)OC(COCc2ccccc2)[C@H](O[C@@H]2OC(COCc3ccccc3)[C@H](OCc3ccccc3)[C@H](OCc3ccccc3)C2OCc2ccccc2)[C@@H]1OCc1ccccc1. The highest BCUT2D eigenvalue weighted by Crippen LogP contribution is 2.35. The van der Waals surface area contributed by atoms with Gasteiger partial charge in [0.25, 0.3) is 0 Å². The summed E-state index contributed by atoms with van der Waals surface area (Å²) in [6.45, 7) is 2.90. The number of hydrogen-bond donors (Lipinski definition) is 2. The molecule has 2 N–H and O–H groups in total. The summed E-state index contributed by atoms with van der Waals surface area (Å²) in [5.74, 6) is -0.384. The van der Waals surface area contributed by atoms with Crippen molar-refractivity contribution in [3.8, 4) is 0 Å². The van der Waals surface area contributed by atoms with Crippen LogP contribution in [0.3, 0.4) is 0 Å². The van der Waals surface area contributed by atoms with Crippen LogP contribution < -0.4 is 5.32 Å². The van der Waals surface area contributed by atoms with Crippen molar-refractivity contribution in [1.82, 2.24) is 5.32 Å². The van der Waals surface area contributed by atoms with Crippen molar-refractivity contribution in [1.29, 1.82) is 0 Å². The Kier molecular flexibility index (Phi) is 18.4. The highest BCUT2D eigenvalue weighted by molar-refractivity contribution is 5.73. The highest BCUT2D eigenvalue weighted by Gasteiger charge is 2.54. The first-order chi connectivity index (χ1) is 33.5. The Bertz CT molecular complexity index is 2330. The zero-order chi connectivity index (χ0) is 46.8. The number of nitrogens with one attached hydrogen (secondary N) is 1. The molecule has 2 heterocycles. The van der Waals surface area contributed by atoms with E-state index in [0.29, 0.717) is 6.61 Å². The average molecular weight is 924 g/mol. The van der Waals surface area contributed by atoms with Crippen molar-refractivity contribution < 1.29 is 52.5 Å². The Balaban J connectivity index is 1.18. The van der Waals surface area contributed by atoms with Gasteiger partial charge in [0.15, 0.2) is 12.6 Å². The summed E-state index contributed by atoms with van der Waals surface area (Å²) in [5, 5.41) is 14.6. The molecule has 10 atom stereocenters. The lowest BCUT2D eigenvalue weighted by molar-refractivity contribution is -0.363. The molecule has 0 aromatic heterocycles. The van der Waals surface area contributed by atoms with Crippen molar-refractivity contribution in [2.45, 2.75) is 108 Å². The van der Waals surface area contributed by atoms with E-state index in [1.54, 1.807) is 0 Å². The topological polar surface area (TPSA) is 132 Å². The zero-order valence-electron chi connectivity index (χ0n) is 38.3. The largest absolute Gasteiger partial charge is 0.374 e. The Hall–Kier alpha value is -5.61. The van der Waals surface area contributed by atoms with E-state index in [-0.39, 0.29) is 52.2 Å². The third-order valence-electron chi connectivity index (χ3n) is 11.8. The van der Waals surface area contributed by atoms with Crippen molar-refractivity contribution >= 4 is 5.91 Å². The third kappa shape index (κ3) is 14.2. The molecule has 2 fully saturated rings. The maximum atomic E-state index is 12.8. The lowest BCUT2D eigenvalue weighted by Gasteiger charge is -2.50. The fraction of sp³-hybridized carbons (Fsp3) is 0.339. The molecule has 0 radical (unpaired) electrons. The molecule has 6 aromatic carbocycles. The van der Waals surface area contributed by atoms with Gasteiger partial charge in [-0.15, -0.1) is 0 Å². The van der Waals surface area contributed by atoms with Gasteiger partial charge in [-0.1, -0.05) is 182 Å². The number of ether oxygens (including phenoxy) is 9. The molecule has 0 saturated carbocycles. The second kappa shape index (κ2) is 25.7.